The molecule has 0 bridgehead atoms. The second-order valence-corrected chi connectivity index (χ2v) is 7.66. The van der Waals surface area contributed by atoms with E-state index in [1.165, 1.54) is 0 Å². The standard InChI is InChI=1S/C16H30N2O/c1-6-8-16(9-7-10-17-11-16)13(19)18-12-14(2,3)15(12,4)5/h12,17H,6-11H2,1-5H3,(H,18,19). The monoisotopic (exact) mass is 266 g/mol. The average Bonchev–Trinajstić information content (AvgIpc) is 2.73. The van der Waals surface area contributed by atoms with Gasteiger partial charge < -0.3 is 10.6 Å². The smallest absolute Gasteiger partial charge is 0.227 e. The van der Waals surface area contributed by atoms with Gasteiger partial charge in [0.15, 0.2) is 0 Å². The summed E-state index contributed by atoms with van der Waals surface area (Å²) in [6, 6.07) is 0.322. The van der Waals surface area contributed by atoms with Crippen molar-refractivity contribution < 1.29 is 4.79 Å². The van der Waals surface area contributed by atoms with Crippen LogP contribution in [0.5, 0.6) is 0 Å². The van der Waals surface area contributed by atoms with Crippen LogP contribution >= 0.6 is 0 Å². The molecule has 0 aromatic carbocycles. The van der Waals surface area contributed by atoms with E-state index in [2.05, 4.69) is 45.3 Å². The Kier molecular flexibility index (Phi) is 3.72. The van der Waals surface area contributed by atoms with Gasteiger partial charge in [0.2, 0.25) is 5.91 Å². The molecule has 0 aromatic rings. The molecule has 2 N–H and O–H groups in total. The highest BCUT2D eigenvalue weighted by atomic mass is 16.2. The van der Waals surface area contributed by atoms with Crippen molar-refractivity contribution >= 4 is 5.91 Å². The summed E-state index contributed by atoms with van der Waals surface area (Å²) in [5.41, 5.74) is 0.276. The van der Waals surface area contributed by atoms with Crippen molar-refractivity contribution in [2.75, 3.05) is 13.1 Å². The Hall–Kier alpha value is -0.570. The van der Waals surface area contributed by atoms with Gasteiger partial charge in [0.05, 0.1) is 5.41 Å². The zero-order chi connectivity index (χ0) is 14.3. The number of hydrogen-bond donors (Lipinski definition) is 2. The molecule has 2 aliphatic rings. The molecule has 3 heteroatoms. The first kappa shape index (κ1) is 14.8. The van der Waals surface area contributed by atoms with Crippen molar-refractivity contribution in [2.24, 2.45) is 16.2 Å². The van der Waals surface area contributed by atoms with E-state index in [0.29, 0.717) is 6.04 Å². The Balaban J connectivity index is 2.05. The fraction of sp³-hybridized carbons (Fsp3) is 0.938. The van der Waals surface area contributed by atoms with Crippen LogP contribution in [0.1, 0.15) is 60.3 Å². The first-order chi connectivity index (χ1) is 8.78. The van der Waals surface area contributed by atoms with Crippen LogP contribution in [-0.4, -0.2) is 25.0 Å². The molecule has 0 spiro atoms. The van der Waals surface area contributed by atoms with Crippen molar-refractivity contribution in [3.8, 4) is 0 Å². The molecular weight excluding hydrogens is 236 g/mol. The first-order valence-electron chi connectivity index (χ1n) is 7.80. The molecule has 1 atom stereocenters. The normalized spacial score (nSPS) is 32.9. The Labute approximate surface area is 117 Å². The van der Waals surface area contributed by atoms with Crippen LogP contribution in [-0.2, 0) is 4.79 Å². The molecule has 19 heavy (non-hydrogen) atoms. The molecule has 1 unspecified atom stereocenters. The topological polar surface area (TPSA) is 41.1 Å². The van der Waals surface area contributed by atoms with Crippen molar-refractivity contribution in [3.63, 3.8) is 0 Å². The predicted molar refractivity (Wildman–Crippen MR) is 78.9 cm³/mol. The van der Waals surface area contributed by atoms with Crippen molar-refractivity contribution in [3.05, 3.63) is 0 Å². The van der Waals surface area contributed by atoms with E-state index in [1.54, 1.807) is 0 Å². The SMILES string of the molecule is CCCC1(C(=O)NC2C(C)(C)C2(C)C)CCCNC1. The highest BCUT2D eigenvalue weighted by Gasteiger charge is 2.66. The molecular formula is C16H30N2O. The summed E-state index contributed by atoms with van der Waals surface area (Å²) in [5, 5.41) is 6.77. The third-order valence-corrected chi connectivity index (χ3v) is 5.98. The molecule has 1 aliphatic carbocycles. The van der Waals surface area contributed by atoms with Crippen LogP contribution in [0.25, 0.3) is 0 Å². The molecule has 110 valence electrons. The highest BCUT2D eigenvalue weighted by Crippen LogP contribution is 2.62. The van der Waals surface area contributed by atoms with Gasteiger partial charge in [-0.15, -0.1) is 0 Å². The van der Waals surface area contributed by atoms with Gasteiger partial charge in [0, 0.05) is 12.6 Å². The van der Waals surface area contributed by atoms with E-state index >= 15 is 0 Å². The van der Waals surface area contributed by atoms with Gasteiger partial charge in [-0.05, 0) is 36.6 Å². The molecule has 1 aliphatic heterocycles. The van der Waals surface area contributed by atoms with Crippen LogP contribution in [0.4, 0.5) is 0 Å². The van der Waals surface area contributed by atoms with Crippen LogP contribution in [0.3, 0.4) is 0 Å². The third kappa shape index (κ3) is 2.31. The predicted octanol–water partition coefficient (Wildman–Crippen LogP) is 2.71. The Morgan fingerprint density at radius 1 is 1.26 bits per heavy atom. The molecule has 0 radical (unpaired) electrons. The zero-order valence-electron chi connectivity index (χ0n) is 13.2. The number of amides is 1. The van der Waals surface area contributed by atoms with E-state index in [9.17, 15) is 4.79 Å². The summed E-state index contributed by atoms with van der Waals surface area (Å²) in [7, 11) is 0. The number of carbonyl (C=O) groups excluding carboxylic acids is 1. The fourth-order valence-electron chi connectivity index (χ4n) is 3.81. The van der Waals surface area contributed by atoms with Crippen molar-refractivity contribution in [1.82, 2.24) is 10.6 Å². The largest absolute Gasteiger partial charge is 0.352 e. The quantitative estimate of drug-likeness (QED) is 0.821. The minimum atomic E-state index is -0.165. The lowest BCUT2D eigenvalue weighted by Gasteiger charge is -2.36. The molecule has 1 heterocycles. The molecule has 2 rings (SSSR count). The Bertz CT molecular complexity index is 334. The first-order valence-corrected chi connectivity index (χ1v) is 7.80. The molecule has 1 saturated carbocycles. The lowest BCUT2D eigenvalue weighted by Crippen LogP contribution is -2.51. The number of piperidine rings is 1. The van der Waals surface area contributed by atoms with Crippen LogP contribution in [0.2, 0.25) is 0 Å². The third-order valence-electron chi connectivity index (χ3n) is 5.98. The summed E-state index contributed by atoms with van der Waals surface area (Å²) in [4.78, 5) is 12.8. The Morgan fingerprint density at radius 3 is 2.32 bits per heavy atom. The van der Waals surface area contributed by atoms with Crippen LogP contribution < -0.4 is 10.6 Å². The van der Waals surface area contributed by atoms with Crippen molar-refractivity contribution in [2.45, 2.75) is 66.3 Å². The van der Waals surface area contributed by atoms with E-state index in [1.807, 2.05) is 0 Å². The number of carbonyl (C=O) groups is 1. The summed E-state index contributed by atoms with van der Waals surface area (Å²) < 4.78 is 0. The zero-order valence-corrected chi connectivity index (χ0v) is 13.2. The van der Waals surface area contributed by atoms with E-state index < -0.39 is 0 Å². The van der Waals surface area contributed by atoms with Gasteiger partial charge in [-0.3, -0.25) is 4.79 Å². The fourth-order valence-corrected chi connectivity index (χ4v) is 3.81. The van der Waals surface area contributed by atoms with Crippen molar-refractivity contribution in [1.29, 1.82) is 0 Å². The maximum absolute atomic E-state index is 12.8. The summed E-state index contributed by atoms with van der Waals surface area (Å²) in [5.74, 6) is 0.283. The molecule has 3 nitrogen and oxygen atoms in total. The minimum Gasteiger partial charge on any atom is -0.352 e. The number of rotatable bonds is 4. The maximum Gasteiger partial charge on any atom is 0.227 e. The highest BCUT2D eigenvalue weighted by molar-refractivity contribution is 5.84. The van der Waals surface area contributed by atoms with Gasteiger partial charge in [0.1, 0.15) is 0 Å². The number of hydrogen-bond acceptors (Lipinski definition) is 2. The molecule has 1 amide bonds. The number of nitrogens with one attached hydrogen (secondary N) is 2. The second-order valence-electron chi connectivity index (χ2n) is 7.66. The summed E-state index contributed by atoms with van der Waals surface area (Å²) >= 11 is 0. The lowest BCUT2D eigenvalue weighted by molar-refractivity contribution is -0.133. The van der Waals surface area contributed by atoms with Crippen LogP contribution in [0.15, 0.2) is 0 Å². The van der Waals surface area contributed by atoms with Gasteiger partial charge >= 0.3 is 0 Å². The van der Waals surface area contributed by atoms with E-state index in [-0.39, 0.29) is 22.2 Å². The maximum atomic E-state index is 12.8. The summed E-state index contributed by atoms with van der Waals surface area (Å²) in [6.45, 7) is 13.1. The van der Waals surface area contributed by atoms with E-state index in [0.717, 1.165) is 38.8 Å². The van der Waals surface area contributed by atoms with Gasteiger partial charge in [0.25, 0.3) is 0 Å². The van der Waals surface area contributed by atoms with Gasteiger partial charge in [-0.2, -0.15) is 0 Å². The lowest BCUT2D eigenvalue weighted by atomic mass is 9.76. The minimum absolute atomic E-state index is 0.165. The molecule has 1 saturated heterocycles. The molecule has 2 fully saturated rings. The molecule has 0 aromatic heterocycles. The van der Waals surface area contributed by atoms with Gasteiger partial charge in [-0.25, -0.2) is 0 Å². The van der Waals surface area contributed by atoms with Crippen LogP contribution in [0, 0.1) is 16.2 Å². The van der Waals surface area contributed by atoms with Gasteiger partial charge in [-0.1, -0.05) is 41.0 Å². The Morgan fingerprint density at radius 2 is 1.89 bits per heavy atom. The second kappa shape index (κ2) is 4.76. The average molecular weight is 266 g/mol. The summed E-state index contributed by atoms with van der Waals surface area (Å²) in [6.07, 6.45) is 4.23. The van der Waals surface area contributed by atoms with E-state index in [4.69, 9.17) is 0 Å².